The molecule has 0 saturated carbocycles. The van der Waals surface area contributed by atoms with Gasteiger partial charge in [0.25, 0.3) is 0 Å². The summed E-state index contributed by atoms with van der Waals surface area (Å²) in [5.74, 6) is -1.45. The van der Waals surface area contributed by atoms with E-state index in [0.29, 0.717) is 31.4 Å². The van der Waals surface area contributed by atoms with Gasteiger partial charge in [-0.05, 0) is 35.1 Å². The van der Waals surface area contributed by atoms with Gasteiger partial charge < -0.3 is 24.8 Å². The molecule has 0 aromatic heterocycles. The normalized spacial score (nSPS) is 13.5. The number of Topliss-reactive ketones (excluding diaryl/α,β-unsaturated/α-hetero) is 1. The first-order chi connectivity index (χ1) is 22.4. The van der Waals surface area contributed by atoms with Gasteiger partial charge in [-0.15, -0.1) is 0 Å². The van der Waals surface area contributed by atoms with Crippen LogP contribution in [-0.4, -0.2) is 73.1 Å². The summed E-state index contributed by atoms with van der Waals surface area (Å²) in [6, 6.07) is 14.5. The standard InChI is InChI=1S/C35H46N2O8S2/c1-35(2,3)47-46-22-29(30(38)18-8-6-7-9-19-31(39)36-28(33(41)44-5)20-32(40)43-4)37-34(42)45-21-27-25-16-12-10-14-23(25)24-15-11-13-17-26(24)27/h10-17,27-29H,6-9,18-22H2,1-5H3,(H,36,39)(H,37,42). The first kappa shape index (κ1) is 37.9. The Morgan fingerprint density at radius 3 is 1.96 bits per heavy atom. The second-order valence-corrected chi connectivity index (χ2v) is 15.5. The molecule has 2 unspecified atom stereocenters. The zero-order chi connectivity index (χ0) is 34.4. The average molecular weight is 687 g/mol. The molecule has 2 atom stereocenters. The number of ether oxygens (including phenoxy) is 3. The van der Waals surface area contributed by atoms with Crippen LogP contribution in [0.4, 0.5) is 4.79 Å². The number of methoxy groups -OCH3 is 2. The van der Waals surface area contributed by atoms with Crippen LogP contribution in [0.15, 0.2) is 48.5 Å². The van der Waals surface area contributed by atoms with E-state index in [-0.39, 0.29) is 48.2 Å². The zero-order valence-electron chi connectivity index (χ0n) is 27.8. The first-order valence-electron chi connectivity index (χ1n) is 15.8. The van der Waals surface area contributed by atoms with Gasteiger partial charge in [0.05, 0.1) is 20.6 Å². The predicted molar refractivity (Wildman–Crippen MR) is 185 cm³/mol. The molecule has 1 aliphatic rings. The molecule has 0 spiro atoms. The highest BCUT2D eigenvalue weighted by atomic mass is 33.1. The number of rotatable bonds is 18. The second kappa shape index (κ2) is 18.7. The van der Waals surface area contributed by atoms with Gasteiger partial charge in [0.15, 0.2) is 5.78 Å². The number of carbonyl (C=O) groups excluding carboxylic acids is 5. The van der Waals surface area contributed by atoms with Crippen molar-refractivity contribution in [2.75, 3.05) is 26.6 Å². The number of nitrogens with one attached hydrogen (secondary N) is 2. The highest BCUT2D eigenvalue weighted by Crippen LogP contribution is 2.44. The summed E-state index contributed by atoms with van der Waals surface area (Å²) in [5, 5.41) is 5.34. The number of benzene rings is 2. The fourth-order valence-corrected chi connectivity index (χ4v) is 7.74. The summed E-state index contributed by atoms with van der Waals surface area (Å²) in [4.78, 5) is 62.0. The van der Waals surface area contributed by atoms with Crippen molar-refractivity contribution in [2.24, 2.45) is 0 Å². The number of esters is 2. The molecule has 3 rings (SSSR count). The third-order valence-electron chi connectivity index (χ3n) is 7.56. The van der Waals surface area contributed by atoms with Crippen LogP contribution < -0.4 is 10.6 Å². The monoisotopic (exact) mass is 686 g/mol. The molecule has 0 aliphatic heterocycles. The Morgan fingerprint density at radius 2 is 1.38 bits per heavy atom. The maximum atomic E-state index is 13.3. The van der Waals surface area contributed by atoms with E-state index < -0.39 is 30.1 Å². The summed E-state index contributed by atoms with van der Waals surface area (Å²) < 4.78 is 14.9. The Kier molecular flexibility index (Phi) is 15.1. The van der Waals surface area contributed by atoms with E-state index in [1.807, 2.05) is 24.3 Å². The lowest BCUT2D eigenvalue weighted by molar-refractivity contribution is -0.150. The van der Waals surface area contributed by atoms with Gasteiger partial charge in [0.2, 0.25) is 5.91 Å². The minimum absolute atomic E-state index is 0.00943. The van der Waals surface area contributed by atoms with E-state index in [9.17, 15) is 24.0 Å². The lowest BCUT2D eigenvalue weighted by Gasteiger charge is -2.21. The number of alkyl carbamates (subject to hydrolysis) is 1. The molecule has 47 heavy (non-hydrogen) atoms. The number of fused-ring (bicyclic) bond motifs is 3. The van der Waals surface area contributed by atoms with E-state index in [2.05, 4.69) is 65.1 Å². The molecule has 12 heteroatoms. The average Bonchev–Trinajstić information content (AvgIpc) is 3.36. The van der Waals surface area contributed by atoms with Crippen molar-refractivity contribution in [1.29, 1.82) is 0 Å². The summed E-state index contributed by atoms with van der Waals surface area (Å²) in [6.07, 6.45) is 2.08. The minimum Gasteiger partial charge on any atom is -0.469 e. The number of amides is 2. The van der Waals surface area contributed by atoms with Gasteiger partial charge in [-0.1, -0.05) is 104 Å². The van der Waals surface area contributed by atoms with Gasteiger partial charge in [0.1, 0.15) is 18.7 Å². The van der Waals surface area contributed by atoms with Crippen molar-refractivity contribution in [3.8, 4) is 11.1 Å². The molecule has 1 aliphatic carbocycles. The maximum Gasteiger partial charge on any atom is 0.407 e. The highest BCUT2D eigenvalue weighted by Gasteiger charge is 2.30. The molecule has 2 aromatic rings. The van der Waals surface area contributed by atoms with Gasteiger partial charge in [-0.3, -0.25) is 14.4 Å². The summed E-state index contributed by atoms with van der Waals surface area (Å²) in [7, 11) is 5.58. The quantitative estimate of drug-likeness (QED) is 0.0807. The minimum atomic E-state index is -1.10. The maximum absolute atomic E-state index is 13.3. The van der Waals surface area contributed by atoms with Crippen LogP contribution >= 0.6 is 21.6 Å². The summed E-state index contributed by atoms with van der Waals surface area (Å²) in [5.41, 5.74) is 4.53. The molecule has 10 nitrogen and oxygen atoms in total. The van der Waals surface area contributed by atoms with Crippen LogP contribution in [0.1, 0.15) is 82.8 Å². The molecule has 0 fully saturated rings. The van der Waals surface area contributed by atoms with Crippen LogP contribution in [-0.2, 0) is 33.4 Å². The Bertz CT molecular complexity index is 1350. The molecule has 0 radical (unpaired) electrons. The van der Waals surface area contributed by atoms with E-state index in [0.717, 1.165) is 22.3 Å². The summed E-state index contributed by atoms with van der Waals surface area (Å²) >= 11 is 0. The lowest BCUT2D eigenvalue weighted by atomic mass is 9.98. The van der Waals surface area contributed by atoms with E-state index in [1.165, 1.54) is 14.2 Å². The smallest absolute Gasteiger partial charge is 0.407 e. The largest absolute Gasteiger partial charge is 0.469 e. The Labute approximate surface area is 285 Å². The van der Waals surface area contributed by atoms with Gasteiger partial charge >= 0.3 is 18.0 Å². The Morgan fingerprint density at radius 1 is 0.787 bits per heavy atom. The third kappa shape index (κ3) is 12.2. The number of ketones is 1. The molecule has 2 N–H and O–H groups in total. The first-order valence-corrected chi connectivity index (χ1v) is 18.1. The highest BCUT2D eigenvalue weighted by molar-refractivity contribution is 8.77. The van der Waals surface area contributed by atoms with Crippen molar-refractivity contribution >= 4 is 51.3 Å². The molecule has 0 bridgehead atoms. The molecular formula is C35H46N2O8S2. The van der Waals surface area contributed by atoms with Crippen molar-refractivity contribution in [3.63, 3.8) is 0 Å². The molecule has 2 aromatic carbocycles. The van der Waals surface area contributed by atoms with Crippen LogP contribution in [0.25, 0.3) is 11.1 Å². The van der Waals surface area contributed by atoms with Gasteiger partial charge in [-0.2, -0.15) is 0 Å². The molecule has 0 saturated heterocycles. The van der Waals surface area contributed by atoms with E-state index >= 15 is 0 Å². The van der Waals surface area contributed by atoms with Crippen molar-refractivity contribution in [3.05, 3.63) is 59.7 Å². The van der Waals surface area contributed by atoms with Crippen LogP contribution in [0.5, 0.6) is 0 Å². The Hall–Kier alpha value is -3.51. The number of unbranched alkanes of at least 4 members (excludes halogenated alkanes) is 3. The number of carbonyl (C=O) groups is 5. The molecule has 2 amide bonds. The topological polar surface area (TPSA) is 137 Å². The fourth-order valence-electron chi connectivity index (χ4n) is 5.24. The lowest BCUT2D eigenvalue weighted by Crippen LogP contribution is -2.43. The molecular weight excluding hydrogens is 641 g/mol. The SMILES string of the molecule is COC(=O)CC(NC(=O)CCCCCCC(=O)C(CSSC(C)(C)C)NC(=O)OCC1c2ccccc2-c2ccccc21)C(=O)OC. The second-order valence-electron chi connectivity index (χ2n) is 12.3. The number of hydrogen-bond acceptors (Lipinski definition) is 10. The number of hydrogen-bond donors (Lipinski definition) is 2. The van der Waals surface area contributed by atoms with E-state index in [1.54, 1.807) is 21.6 Å². The van der Waals surface area contributed by atoms with E-state index in [4.69, 9.17) is 4.74 Å². The van der Waals surface area contributed by atoms with Crippen molar-refractivity contribution < 1.29 is 38.2 Å². The van der Waals surface area contributed by atoms with Crippen LogP contribution in [0.3, 0.4) is 0 Å². The van der Waals surface area contributed by atoms with Crippen LogP contribution in [0.2, 0.25) is 0 Å². The predicted octanol–water partition coefficient (Wildman–Crippen LogP) is 6.20. The van der Waals surface area contributed by atoms with Gasteiger partial charge in [0, 0.05) is 29.3 Å². The third-order valence-corrected chi connectivity index (χ3v) is 10.9. The zero-order valence-corrected chi connectivity index (χ0v) is 29.4. The molecule has 0 heterocycles. The van der Waals surface area contributed by atoms with Crippen LogP contribution in [0, 0.1) is 0 Å². The van der Waals surface area contributed by atoms with Gasteiger partial charge in [-0.25, -0.2) is 9.59 Å². The van der Waals surface area contributed by atoms with Crippen molar-refractivity contribution in [2.45, 2.75) is 88.5 Å². The molecule has 256 valence electrons. The summed E-state index contributed by atoms with van der Waals surface area (Å²) in [6.45, 7) is 6.45. The fraction of sp³-hybridized carbons (Fsp3) is 0.514. The Balaban J connectivity index is 1.47. The van der Waals surface area contributed by atoms with Crippen molar-refractivity contribution in [1.82, 2.24) is 10.6 Å².